The van der Waals surface area contributed by atoms with Crippen LogP contribution < -0.4 is 10.2 Å². The second kappa shape index (κ2) is 6.97. The molecule has 8 heteroatoms. The van der Waals surface area contributed by atoms with Crippen molar-refractivity contribution in [3.63, 3.8) is 0 Å². The van der Waals surface area contributed by atoms with Gasteiger partial charge in [0, 0.05) is 25.4 Å². The number of carbonyl (C=O) groups is 1. The molecule has 2 aromatic heterocycles. The maximum Gasteiger partial charge on any atom is 0.280 e. The van der Waals surface area contributed by atoms with Crippen LogP contribution >= 0.6 is 11.3 Å². The number of hydrogen-bond donors (Lipinski definition) is 2. The Bertz CT molecular complexity index is 958. The van der Waals surface area contributed by atoms with Crippen LogP contribution in [-0.2, 0) is 6.42 Å². The van der Waals surface area contributed by atoms with E-state index in [1.54, 1.807) is 0 Å². The normalized spacial score (nSPS) is 14.5. The number of aliphatic hydroxyl groups is 1. The van der Waals surface area contributed by atoms with Crippen LogP contribution in [0.1, 0.15) is 22.3 Å². The van der Waals surface area contributed by atoms with E-state index in [0.717, 1.165) is 24.5 Å². The number of para-hydroxylation sites is 1. The van der Waals surface area contributed by atoms with E-state index in [2.05, 4.69) is 37.3 Å². The van der Waals surface area contributed by atoms with Crippen LogP contribution in [0.2, 0.25) is 0 Å². The number of nitrogens with zero attached hydrogens (tertiary/aromatic N) is 4. The number of thiazole rings is 1. The molecule has 26 heavy (non-hydrogen) atoms. The summed E-state index contributed by atoms with van der Waals surface area (Å²) in [6.45, 7) is 3.14. The lowest BCUT2D eigenvalue weighted by Crippen LogP contribution is -2.29. The van der Waals surface area contributed by atoms with Gasteiger partial charge in [-0.1, -0.05) is 36.5 Å². The molecular formula is C18H19N5O2S. The lowest BCUT2D eigenvalue weighted by molar-refractivity contribution is 0.0942. The molecule has 0 spiro atoms. The Labute approximate surface area is 154 Å². The highest BCUT2D eigenvalue weighted by Gasteiger charge is 2.25. The standard InChI is InChI=1S/C18H19N5O2S/c1-11(9-24)8-19-16(25)18-22-14-15(20-10-21-17(14)26-18)23-7-6-12-4-2-3-5-13(12)23/h2-5,10-11,24H,6-9H2,1H3,(H,19,25). The molecule has 4 rings (SSSR count). The van der Waals surface area contributed by atoms with Crippen LogP contribution in [0, 0.1) is 5.92 Å². The summed E-state index contributed by atoms with van der Waals surface area (Å²) in [4.78, 5) is 28.4. The fourth-order valence-electron chi connectivity index (χ4n) is 3.00. The van der Waals surface area contributed by atoms with Crippen molar-refractivity contribution in [2.24, 2.45) is 5.92 Å². The molecule has 7 nitrogen and oxygen atoms in total. The highest BCUT2D eigenvalue weighted by Crippen LogP contribution is 2.36. The summed E-state index contributed by atoms with van der Waals surface area (Å²) >= 11 is 1.26. The van der Waals surface area contributed by atoms with Gasteiger partial charge in [0.1, 0.15) is 16.7 Å². The first-order chi connectivity index (χ1) is 12.7. The van der Waals surface area contributed by atoms with Gasteiger partial charge in [0.25, 0.3) is 5.91 Å². The lowest BCUT2D eigenvalue weighted by Gasteiger charge is -2.18. The molecule has 0 radical (unpaired) electrons. The minimum Gasteiger partial charge on any atom is -0.396 e. The molecule has 1 aliphatic heterocycles. The third-order valence-corrected chi connectivity index (χ3v) is 5.40. The first kappa shape index (κ1) is 16.9. The van der Waals surface area contributed by atoms with Crippen molar-refractivity contribution in [1.29, 1.82) is 0 Å². The quantitative estimate of drug-likeness (QED) is 0.716. The van der Waals surface area contributed by atoms with E-state index in [1.807, 2.05) is 19.1 Å². The fourth-order valence-corrected chi connectivity index (χ4v) is 3.82. The molecule has 1 amide bonds. The monoisotopic (exact) mass is 369 g/mol. The minimum absolute atomic E-state index is 0.00443. The molecule has 2 N–H and O–H groups in total. The SMILES string of the molecule is CC(CO)CNC(=O)c1nc2c(N3CCc4ccccc43)ncnc2s1. The molecule has 0 fully saturated rings. The zero-order chi connectivity index (χ0) is 18.1. The average molecular weight is 369 g/mol. The smallest absolute Gasteiger partial charge is 0.280 e. The molecule has 1 aromatic carbocycles. The van der Waals surface area contributed by atoms with Gasteiger partial charge >= 0.3 is 0 Å². The number of anilines is 2. The van der Waals surface area contributed by atoms with Gasteiger partial charge in [0.2, 0.25) is 0 Å². The van der Waals surface area contributed by atoms with Crippen LogP contribution in [0.25, 0.3) is 10.3 Å². The van der Waals surface area contributed by atoms with Crippen LogP contribution in [0.5, 0.6) is 0 Å². The Morgan fingerprint density at radius 3 is 3.08 bits per heavy atom. The van der Waals surface area contributed by atoms with Crippen molar-refractivity contribution in [3.8, 4) is 0 Å². The maximum absolute atomic E-state index is 12.4. The van der Waals surface area contributed by atoms with Gasteiger partial charge in [0.05, 0.1) is 0 Å². The molecule has 3 aromatic rings. The molecule has 1 unspecified atom stereocenters. The van der Waals surface area contributed by atoms with Gasteiger partial charge in [-0.05, 0) is 24.0 Å². The van der Waals surface area contributed by atoms with E-state index in [-0.39, 0.29) is 18.4 Å². The van der Waals surface area contributed by atoms with E-state index in [9.17, 15) is 4.79 Å². The van der Waals surface area contributed by atoms with Crippen molar-refractivity contribution < 1.29 is 9.90 Å². The molecule has 0 saturated carbocycles. The topological polar surface area (TPSA) is 91.2 Å². The van der Waals surface area contributed by atoms with Crippen molar-refractivity contribution >= 4 is 39.1 Å². The van der Waals surface area contributed by atoms with Gasteiger partial charge in [-0.2, -0.15) is 0 Å². The zero-order valence-corrected chi connectivity index (χ0v) is 15.2. The summed E-state index contributed by atoms with van der Waals surface area (Å²) in [6, 6.07) is 8.25. The van der Waals surface area contributed by atoms with Crippen LogP contribution in [0.4, 0.5) is 11.5 Å². The number of aromatic nitrogens is 3. The van der Waals surface area contributed by atoms with E-state index < -0.39 is 0 Å². The number of rotatable bonds is 5. The van der Waals surface area contributed by atoms with Crippen molar-refractivity contribution in [1.82, 2.24) is 20.3 Å². The average Bonchev–Trinajstić information content (AvgIpc) is 3.29. The van der Waals surface area contributed by atoms with Gasteiger partial charge in [-0.15, -0.1) is 0 Å². The second-order valence-electron chi connectivity index (χ2n) is 6.40. The zero-order valence-electron chi connectivity index (χ0n) is 14.3. The Morgan fingerprint density at radius 2 is 2.23 bits per heavy atom. The number of nitrogens with one attached hydrogen (secondary N) is 1. The van der Waals surface area contributed by atoms with Crippen LogP contribution in [-0.4, -0.2) is 45.7 Å². The lowest BCUT2D eigenvalue weighted by atomic mass is 10.2. The highest BCUT2D eigenvalue weighted by atomic mass is 32.1. The Balaban J connectivity index is 1.66. The molecule has 3 heterocycles. The highest BCUT2D eigenvalue weighted by molar-refractivity contribution is 7.19. The van der Waals surface area contributed by atoms with Crippen molar-refractivity contribution in [2.45, 2.75) is 13.3 Å². The van der Waals surface area contributed by atoms with E-state index >= 15 is 0 Å². The molecule has 134 valence electrons. The summed E-state index contributed by atoms with van der Waals surface area (Å²) in [7, 11) is 0. The van der Waals surface area contributed by atoms with Crippen molar-refractivity contribution in [2.75, 3.05) is 24.6 Å². The number of fused-ring (bicyclic) bond motifs is 2. The summed E-state index contributed by atoms with van der Waals surface area (Å²) < 4.78 is 0. The Hall–Kier alpha value is -2.58. The summed E-state index contributed by atoms with van der Waals surface area (Å²) in [5.74, 6) is 0.491. The molecule has 0 bridgehead atoms. The second-order valence-corrected chi connectivity index (χ2v) is 7.38. The number of aliphatic hydroxyl groups excluding tert-OH is 1. The predicted octanol–water partition coefficient (Wildman–Crippen LogP) is 2.14. The number of carbonyl (C=O) groups excluding carboxylic acids is 1. The number of benzene rings is 1. The molecular weight excluding hydrogens is 350 g/mol. The fraction of sp³-hybridized carbons (Fsp3) is 0.333. The van der Waals surface area contributed by atoms with E-state index in [4.69, 9.17) is 5.11 Å². The summed E-state index contributed by atoms with van der Waals surface area (Å²) in [5, 5.41) is 12.2. The van der Waals surface area contributed by atoms with Crippen molar-refractivity contribution in [3.05, 3.63) is 41.2 Å². The molecule has 0 saturated heterocycles. The molecule has 0 aliphatic carbocycles. The minimum atomic E-state index is -0.249. The van der Waals surface area contributed by atoms with E-state index in [1.165, 1.54) is 23.2 Å². The third-order valence-electron chi connectivity index (χ3n) is 4.44. The molecule has 1 aliphatic rings. The third kappa shape index (κ3) is 3.02. The number of hydrogen-bond acceptors (Lipinski definition) is 7. The van der Waals surface area contributed by atoms with Gasteiger partial charge in [-0.3, -0.25) is 4.79 Å². The van der Waals surface area contributed by atoms with Gasteiger partial charge in [-0.25, -0.2) is 15.0 Å². The first-order valence-corrected chi connectivity index (χ1v) is 9.35. The molecule has 1 atom stereocenters. The first-order valence-electron chi connectivity index (χ1n) is 8.53. The Kier molecular flexibility index (Phi) is 4.52. The largest absolute Gasteiger partial charge is 0.396 e. The van der Waals surface area contributed by atoms with Gasteiger partial charge in [0.15, 0.2) is 10.8 Å². The maximum atomic E-state index is 12.4. The number of amides is 1. The van der Waals surface area contributed by atoms with Crippen LogP contribution in [0.3, 0.4) is 0 Å². The van der Waals surface area contributed by atoms with Crippen LogP contribution in [0.15, 0.2) is 30.6 Å². The van der Waals surface area contributed by atoms with Gasteiger partial charge < -0.3 is 15.3 Å². The summed E-state index contributed by atoms with van der Waals surface area (Å²) in [5.41, 5.74) is 3.06. The van der Waals surface area contributed by atoms with E-state index in [0.29, 0.717) is 21.9 Å². The predicted molar refractivity (Wildman–Crippen MR) is 101 cm³/mol. The Morgan fingerprint density at radius 1 is 1.38 bits per heavy atom. The summed E-state index contributed by atoms with van der Waals surface area (Å²) in [6.07, 6.45) is 2.48.